The SMILES string of the molecule is CCC[C@H](CCOc1cncc(Cl)c1)N(Cc1ccccc1)Cc1ccccc1. The van der Waals surface area contributed by atoms with E-state index in [9.17, 15) is 0 Å². The fourth-order valence-electron chi connectivity index (χ4n) is 3.58. The van der Waals surface area contributed by atoms with Gasteiger partial charge in [0, 0.05) is 31.4 Å². The minimum Gasteiger partial charge on any atom is -0.492 e. The number of benzene rings is 2. The van der Waals surface area contributed by atoms with Crippen LogP contribution < -0.4 is 4.74 Å². The zero-order chi connectivity index (χ0) is 20.3. The molecule has 1 heterocycles. The minimum atomic E-state index is 0.438. The smallest absolute Gasteiger partial charge is 0.139 e. The second-order valence-corrected chi connectivity index (χ2v) is 7.73. The number of hydrogen-bond acceptors (Lipinski definition) is 3. The van der Waals surface area contributed by atoms with Crippen molar-refractivity contribution < 1.29 is 4.74 Å². The lowest BCUT2D eigenvalue weighted by molar-refractivity contribution is 0.139. The molecular weight excluding hydrogens is 380 g/mol. The van der Waals surface area contributed by atoms with Gasteiger partial charge in [-0.05, 0) is 24.0 Å². The number of rotatable bonds is 11. The third-order valence-electron chi connectivity index (χ3n) is 4.99. The molecule has 0 aliphatic rings. The van der Waals surface area contributed by atoms with E-state index >= 15 is 0 Å². The van der Waals surface area contributed by atoms with E-state index in [-0.39, 0.29) is 0 Å². The lowest BCUT2D eigenvalue weighted by Crippen LogP contribution is -2.35. The first-order valence-corrected chi connectivity index (χ1v) is 10.7. The predicted molar refractivity (Wildman–Crippen MR) is 120 cm³/mol. The monoisotopic (exact) mass is 408 g/mol. The van der Waals surface area contributed by atoms with E-state index in [1.54, 1.807) is 12.4 Å². The summed E-state index contributed by atoms with van der Waals surface area (Å²) in [5.74, 6) is 0.727. The van der Waals surface area contributed by atoms with Crippen LogP contribution in [0.25, 0.3) is 0 Å². The molecular formula is C25H29ClN2O. The van der Waals surface area contributed by atoms with Gasteiger partial charge in [-0.25, -0.2) is 0 Å². The summed E-state index contributed by atoms with van der Waals surface area (Å²) in [6.45, 7) is 4.75. The molecule has 0 N–H and O–H groups in total. The first kappa shape index (κ1) is 21.4. The average molecular weight is 409 g/mol. The molecule has 0 spiro atoms. The van der Waals surface area contributed by atoms with Crippen molar-refractivity contribution in [1.29, 1.82) is 0 Å². The zero-order valence-corrected chi connectivity index (χ0v) is 17.8. The fourth-order valence-corrected chi connectivity index (χ4v) is 3.74. The van der Waals surface area contributed by atoms with Gasteiger partial charge in [-0.3, -0.25) is 9.88 Å². The van der Waals surface area contributed by atoms with E-state index in [2.05, 4.69) is 77.5 Å². The molecule has 29 heavy (non-hydrogen) atoms. The molecule has 2 aromatic carbocycles. The quantitative estimate of drug-likeness (QED) is 0.368. The van der Waals surface area contributed by atoms with Crippen molar-refractivity contribution in [3.05, 3.63) is 95.3 Å². The highest BCUT2D eigenvalue weighted by Crippen LogP contribution is 2.20. The average Bonchev–Trinajstić information content (AvgIpc) is 2.74. The molecule has 1 aromatic heterocycles. The van der Waals surface area contributed by atoms with E-state index in [1.165, 1.54) is 11.1 Å². The number of halogens is 1. The molecule has 0 fully saturated rings. The van der Waals surface area contributed by atoms with Crippen molar-refractivity contribution in [3.63, 3.8) is 0 Å². The Kier molecular flexibility index (Phi) is 8.54. The Morgan fingerprint density at radius 2 is 1.52 bits per heavy atom. The summed E-state index contributed by atoms with van der Waals surface area (Å²) in [5, 5.41) is 0.599. The van der Waals surface area contributed by atoms with Gasteiger partial charge in [0.1, 0.15) is 5.75 Å². The van der Waals surface area contributed by atoms with Crippen LogP contribution >= 0.6 is 11.6 Å². The standard InChI is InChI=1S/C25H29ClN2O/c1-2-9-24(14-15-29-25-16-23(26)17-27-18-25)28(19-21-10-5-3-6-11-21)20-22-12-7-4-8-13-22/h3-8,10-13,16-18,24H,2,9,14-15,19-20H2,1H3/t24-/m1/s1. The van der Waals surface area contributed by atoms with Crippen molar-refractivity contribution >= 4 is 11.6 Å². The van der Waals surface area contributed by atoms with Crippen LogP contribution in [0.5, 0.6) is 5.75 Å². The summed E-state index contributed by atoms with van der Waals surface area (Å²) in [6.07, 6.45) is 6.57. The molecule has 3 nitrogen and oxygen atoms in total. The van der Waals surface area contributed by atoms with Crippen LogP contribution in [0.3, 0.4) is 0 Å². The summed E-state index contributed by atoms with van der Waals surface area (Å²) in [4.78, 5) is 6.67. The Labute approximate surface area is 179 Å². The molecule has 1 atom stereocenters. The first-order valence-electron chi connectivity index (χ1n) is 10.3. The van der Waals surface area contributed by atoms with Crippen molar-refractivity contribution in [1.82, 2.24) is 9.88 Å². The summed E-state index contributed by atoms with van der Waals surface area (Å²) in [6, 6.07) is 23.7. The van der Waals surface area contributed by atoms with E-state index in [1.807, 2.05) is 6.07 Å². The molecule has 4 heteroatoms. The Bertz CT molecular complexity index is 800. The normalized spacial score (nSPS) is 12.1. The van der Waals surface area contributed by atoms with E-state index in [0.717, 1.165) is 38.1 Å². The maximum Gasteiger partial charge on any atom is 0.139 e. The van der Waals surface area contributed by atoms with Crippen LogP contribution in [0.1, 0.15) is 37.3 Å². The summed E-state index contributed by atoms with van der Waals surface area (Å²) in [7, 11) is 0. The minimum absolute atomic E-state index is 0.438. The number of aromatic nitrogens is 1. The molecule has 0 bridgehead atoms. The Morgan fingerprint density at radius 1 is 0.897 bits per heavy atom. The van der Waals surface area contributed by atoms with Crippen LogP contribution in [0, 0.1) is 0 Å². The van der Waals surface area contributed by atoms with Gasteiger partial charge in [0.2, 0.25) is 0 Å². The van der Waals surface area contributed by atoms with E-state index < -0.39 is 0 Å². The van der Waals surface area contributed by atoms with Crippen LogP contribution in [-0.2, 0) is 13.1 Å². The van der Waals surface area contributed by atoms with Gasteiger partial charge >= 0.3 is 0 Å². The van der Waals surface area contributed by atoms with Gasteiger partial charge < -0.3 is 4.74 Å². The molecule has 0 unspecified atom stereocenters. The summed E-state index contributed by atoms with van der Waals surface area (Å²) >= 11 is 6.02. The Balaban J connectivity index is 1.69. The molecule has 3 rings (SSSR count). The van der Waals surface area contributed by atoms with Gasteiger partial charge in [-0.15, -0.1) is 0 Å². The van der Waals surface area contributed by atoms with Gasteiger partial charge in [-0.1, -0.05) is 85.6 Å². The largest absolute Gasteiger partial charge is 0.492 e. The second-order valence-electron chi connectivity index (χ2n) is 7.29. The number of ether oxygens (including phenoxy) is 1. The van der Waals surface area contributed by atoms with Crippen LogP contribution in [0.15, 0.2) is 79.1 Å². The highest BCUT2D eigenvalue weighted by Gasteiger charge is 2.19. The third kappa shape index (κ3) is 7.19. The lowest BCUT2D eigenvalue weighted by atomic mass is 10.0. The molecule has 0 aliphatic carbocycles. The molecule has 3 aromatic rings. The molecule has 0 amide bonds. The van der Waals surface area contributed by atoms with Crippen molar-refractivity contribution in [2.24, 2.45) is 0 Å². The van der Waals surface area contributed by atoms with Gasteiger partial charge in [-0.2, -0.15) is 0 Å². The van der Waals surface area contributed by atoms with Crippen LogP contribution in [0.4, 0.5) is 0 Å². The topological polar surface area (TPSA) is 25.4 Å². The number of pyridine rings is 1. The maximum absolute atomic E-state index is 6.02. The van der Waals surface area contributed by atoms with Crippen LogP contribution in [0.2, 0.25) is 5.02 Å². The molecule has 0 saturated heterocycles. The van der Waals surface area contributed by atoms with E-state index in [0.29, 0.717) is 17.7 Å². The highest BCUT2D eigenvalue weighted by atomic mass is 35.5. The number of nitrogens with zero attached hydrogens (tertiary/aromatic N) is 2. The van der Waals surface area contributed by atoms with Gasteiger partial charge in [0.15, 0.2) is 0 Å². The predicted octanol–water partition coefficient (Wildman–Crippen LogP) is 6.38. The lowest BCUT2D eigenvalue weighted by Gasteiger charge is -2.32. The highest BCUT2D eigenvalue weighted by molar-refractivity contribution is 6.30. The Hall–Kier alpha value is -2.36. The second kappa shape index (κ2) is 11.6. The van der Waals surface area contributed by atoms with Gasteiger partial charge in [0.05, 0.1) is 17.8 Å². The van der Waals surface area contributed by atoms with Crippen molar-refractivity contribution in [2.45, 2.75) is 45.3 Å². The summed E-state index contributed by atoms with van der Waals surface area (Å²) < 4.78 is 5.94. The molecule has 152 valence electrons. The number of hydrogen-bond donors (Lipinski definition) is 0. The molecule has 0 aliphatic heterocycles. The summed E-state index contributed by atoms with van der Waals surface area (Å²) in [5.41, 5.74) is 2.67. The van der Waals surface area contributed by atoms with Crippen LogP contribution in [-0.4, -0.2) is 22.5 Å². The first-order chi connectivity index (χ1) is 14.2. The third-order valence-corrected chi connectivity index (χ3v) is 5.20. The van der Waals surface area contributed by atoms with Crippen molar-refractivity contribution in [3.8, 4) is 5.75 Å². The van der Waals surface area contributed by atoms with Crippen molar-refractivity contribution in [2.75, 3.05) is 6.61 Å². The van der Waals surface area contributed by atoms with E-state index in [4.69, 9.17) is 16.3 Å². The fraction of sp³-hybridized carbons (Fsp3) is 0.320. The zero-order valence-electron chi connectivity index (χ0n) is 17.0. The maximum atomic E-state index is 6.02. The Morgan fingerprint density at radius 3 is 2.07 bits per heavy atom. The van der Waals surface area contributed by atoms with Gasteiger partial charge in [0.25, 0.3) is 0 Å². The molecule has 0 saturated carbocycles. The molecule has 0 radical (unpaired) electrons.